The first-order chi connectivity index (χ1) is 17.4. The van der Waals surface area contributed by atoms with Gasteiger partial charge in [-0.1, -0.05) is 29.8 Å². The fourth-order valence-corrected chi connectivity index (χ4v) is 5.44. The van der Waals surface area contributed by atoms with E-state index in [0.717, 1.165) is 47.0 Å². The minimum absolute atomic E-state index is 0.0243. The topological polar surface area (TPSA) is 88.2 Å². The van der Waals surface area contributed by atoms with Crippen molar-refractivity contribution in [3.8, 4) is 5.75 Å². The second kappa shape index (κ2) is 10.1. The maximum Gasteiger partial charge on any atom is 0.234 e. The standard InChI is InChI=1S/C28H32ClN5O2/c1-28(2)25-17(6-4-8-23(25)32-26(28)35)9-11-21-20(29)16-31-27(33-21)34-22-12-10-18(14-24(22)36-3)19-7-5-13-30-15-19/h4,6,8,10,12,14,16,19,30H,5,7,9,11,13,15H2,1-3H3,(H,32,35)(H,31,33,34). The number of piperidine rings is 1. The number of aryl methyl sites for hydroxylation is 2. The second-order valence-electron chi connectivity index (χ2n) is 10.0. The zero-order chi connectivity index (χ0) is 25.3. The number of carbonyl (C=O) groups is 1. The summed E-state index contributed by atoms with van der Waals surface area (Å²) in [6.07, 6.45) is 5.33. The zero-order valence-corrected chi connectivity index (χ0v) is 21.7. The van der Waals surface area contributed by atoms with Crippen molar-refractivity contribution in [2.24, 2.45) is 0 Å². The number of rotatable bonds is 7. The number of halogens is 1. The lowest BCUT2D eigenvalue weighted by Gasteiger charge is -2.24. The monoisotopic (exact) mass is 505 g/mol. The van der Waals surface area contributed by atoms with Gasteiger partial charge in [-0.3, -0.25) is 4.79 Å². The fourth-order valence-electron chi connectivity index (χ4n) is 5.26. The van der Waals surface area contributed by atoms with Crippen molar-refractivity contribution >= 4 is 34.8 Å². The van der Waals surface area contributed by atoms with Crippen LogP contribution in [0.5, 0.6) is 5.75 Å². The second-order valence-corrected chi connectivity index (χ2v) is 10.4. The summed E-state index contributed by atoms with van der Waals surface area (Å²) in [4.78, 5) is 21.5. The van der Waals surface area contributed by atoms with Crippen molar-refractivity contribution in [2.75, 3.05) is 30.8 Å². The summed E-state index contributed by atoms with van der Waals surface area (Å²) >= 11 is 6.48. The van der Waals surface area contributed by atoms with Crippen LogP contribution in [0.25, 0.3) is 0 Å². The number of aromatic nitrogens is 2. The lowest BCUT2D eigenvalue weighted by Crippen LogP contribution is -2.28. The van der Waals surface area contributed by atoms with E-state index in [2.05, 4.69) is 39.1 Å². The Labute approximate surface area is 217 Å². The van der Waals surface area contributed by atoms with E-state index in [4.69, 9.17) is 21.3 Å². The summed E-state index contributed by atoms with van der Waals surface area (Å²) in [6.45, 7) is 6.00. The van der Waals surface area contributed by atoms with Gasteiger partial charge >= 0.3 is 0 Å². The van der Waals surface area contributed by atoms with Gasteiger partial charge < -0.3 is 20.7 Å². The third-order valence-electron chi connectivity index (χ3n) is 7.28. The average molecular weight is 506 g/mol. The normalized spacial score (nSPS) is 18.4. The van der Waals surface area contributed by atoms with E-state index < -0.39 is 5.41 Å². The van der Waals surface area contributed by atoms with Crippen LogP contribution in [0.15, 0.2) is 42.6 Å². The number of fused-ring (bicyclic) bond motifs is 1. The maximum absolute atomic E-state index is 12.4. The van der Waals surface area contributed by atoms with Gasteiger partial charge in [-0.2, -0.15) is 0 Å². The number of hydrogen-bond donors (Lipinski definition) is 3. The van der Waals surface area contributed by atoms with E-state index in [-0.39, 0.29) is 5.91 Å². The first kappa shape index (κ1) is 24.5. The minimum atomic E-state index is -0.565. The minimum Gasteiger partial charge on any atom is -0.495 e. The molecule has 8 heteroatoms. The van der Waals surface area contributed by atoms with Crippen molar-refractivity contribution in [3.05, 3.63) is 70.0 Å². The number of carbonyl (C=O) groups excluding carboxylic acids is 1. The van der Waals surface area contributed by atoms with Gasteiger partial charge in [0, 0.05) is 12.2 Å². The molecule has 2 aliphatic rings. The molecule has 0 saturated carbocycles. The van der Waals surface area contributed by atoms with Crippen LogP contribution in [0.1, 0.15) is 55.0 Å². The van der Waals surface area contributed by atoms with E-state index in [1.807, 2.05) is 32.0 Å². The molecule has 7 nitrogen and oxygen atoms in total. The smallest absolute Gasteiger partial charge is 0.234 e. The van der Waals surface area contributed by atoms with Crippen molar-refractivity contribution in [1.29, 1.82) is 0 Å². The number of benzene rings is 2. The Morgan fingerprint density at radius 1 is 1.22 bits per heavy atom. The Morgan fingerprint density at radius 2 is 2.08 bits per heavy atom. The van der Waals surface area contributed by atoms with Crippen molar-refractivity contribution in [2.45, 2.75) is 50.9 Å². The molecule has 0 aliphatic carbocycles. The van der Waals surface area contributed by atoms with Crippen LogP contribution in [0.2, 0.25) is 5.02 Å². The Morgan fingerprint density at radius 3 is 2.86 bits per heavy atom. The van der Waals surface area contributed by atoms with Crippen LogP contribution < -0.4 is 20.7 Å². The summed E-state index contributed by atoms with van der Waals surface area (Å²) in [5, 5.41) is 10.3. The summed E-state index contributed by atoms with van der Waals surface area (Å²) in [5.74, 6) is 1.75. The zero-order valence-electron chi connectivity index (χ0n) is 21.0. The predicted octanol–water partition coefficient (Wildman–Crippen LogP) is 5.36. The molecule has 1 amide bonds. The molecule has 1 unspecified atom stereocenters. The molecule has 0 radical (unpaired) electrons. The van der Waals surface area contributed by atoms with Crippen LogP contribution in [0.3, 0.4) is 0 Å². The molecule has 0 bridgehead atoms. The SMILES string of the molecule is COc1cc(C2CCCNC2)ccc1Nc1ncc(Cl)c(CCc2cccc3c2C(C)(C)C(=O)N3)n1. The number of ether oxygens (including phenoxy) is 1. The molecule has 2 aromatic carbocycles. The van der Waals surface area contributed by atoms with E-state index >= 15 is 0 Å². The maximum atomic E-state index is 12.4. The molecule has 1 atom stereocenters. The number of methoxy groups -OCH3 is 1. The number of amides is 1. The highest BCUT2D eigenvalue weighted by atomic mass is 35.5. The molecule has 3 heterocycles. The molecule has 1 aromatic heterocycles. The summed E-state index contributed by atoms with van der Waals surface area (Å²) in [6, 6.07) is 12.3. The predicted molar refractivity (Wildman–Crippen MR) is 144 cm³/mol. The Bertz CT molecular complexity index is 1290. The third kappa shape index (κ3) is 4.77. The highest BCUT2D eigenvalue weighted by Crippen LogP contribution is 2.40. The van der Waals surface area contributed by atoms with Crippen LogP contribution in [-0.2, 0) is 23.1 Å². The highest BCUT2D eigenvalue weighted by molar-refractivity contribution is 6.31. The molecule has 1 saturated heterocycles. The highest BCUT2D eigenvalue weighted by Gasteiger charge is 2.39. The number of nitrogens with zero attached hydrogens (tertiary/aromatic N) is 2. The van der Waals surface area contributed by atoms with Crippen molar-refractivity contribution < 1.29 is 9.53 Å². The summed E-state index contributed by atoms with van der Waals surface area (Å²) in [7, 11) is 1.68. The van der Waals surface area contributed by atoms with Gasteiger partial charge in [0.1, 0.15) is 5.75 Å². The first-order valence-electron chi connectivity index (χ1n) is 12.5. The molecule has 188 valence electrons. The van der Waals surface area contributed by atoms with Crippen molar-refractivity contribution in [1.82, 2.24) is 15.3 Å². The Hall–Kier alpha value is -3.16. The van der Waals surface area contributed by atoms with E-state index in [1.165, 1.54) is 18.4 Å². The molecular formula is C28H32ClN5O2. The van der Waals surface area contributed by atoms with Crippen molar-refractivity contribution in [3.63, 3.8) is 0 Å². The molecule has 0 spiro atoms. The molecule has 36 heavy (non-hydrogen) atoms. The number of nitrogens with one attached hydrogen (secondary N) is 3. The van der Waals surface area contributed by atoms with Gasteiger partial charge in [0.15, 0.2) is 0 Å². The molecule has 2 aliphatic heterocycles. The van der Waals surface area contributed by atoms with Gasteiger partial charge in [0.2, 0.25) is 11.9 Å². The van der Waals surface area contributed by atoms with Gasteiger partial charge in [-0.15, -0.1) is 0 Å². The Kier molecular flexibility index (Phi) is 6.86. The van der Waals surface area contributed by atoms with E-state index in [0.29, 0.717) is 29.7 Å². The molecule has 3 aromatic rings. The molecular weight excluding hydrogens is 474 g/mol. The molecule has 1 fully saturated rings. The van der Waals surface area contributed by atoms with Gasteiger partial charge in [-0.05, 0) is 86.9 Å². The molecule has 3 N–H and O–H groups in total. The van der Waals surface area contributed by atoms with E-state index in [9.17, 15) is 4.79 Å². The fraction of sp³-hybridized carbons (Fsp3) is 0.393. The van der Waals surface area contributed by atoms with E-state index in [1.54, 1.807) is 13.3 Å². The van der Waals surface area contributed by atoms with Gasteiger partial charge in [0.25, 0.3) is 0 Å². The van der Waals surface area contributed by atoms with Crippen LogP contribution in [-0.4, -0.2) is 36.1 Å². The number of anilines is 3. The lowest BCUT2D eigenvalue weighted by molar-refractivity contribution is -0.119. The first-order valence-corrected chi connectivity index (χ1v) is 12.9. The molecule has 5 rings (SSSR count). The number of hydrogen-bond acceptors (Lipinski definition) is 6. The average Bonchev–Trinajstić information content (AvgIpc) is 3.13. The quantitative estimate of drug-likeness (QED) is 0.400. The van der Waals surface area contributed by atoms with Gasteiger partial charge in [-0.25, -0.2) is 9.97 Å². The largest absolute Gasteiger partial charge is 0.495 e. The summed E-state index contributed by atoms with van der Waals surface area (Å²) < 4.78 is 5.68. The Balaban J connectivity index is 1.34. The van der Waals surface area contributed by atoms with Crippen LogP contribution in [0.4, 0.5) is 17.3 Å². The van der Waals surface area contributed by atoms with Crippen LogP contribution >= 0.6 is 11.6 Å². The third-order valence-corrected chi connectivity index (χ3v) is 7.60. The van der Waals surface area contributed by atoms with Gasteiger partial charge in [0.05, 0.1) is 35.1 Å². The van der Waals surface area contributed by atoms with Crippen LogP contribution in [0, 0.1) is 0 Å². The lowest BCUT2D eigenvalue weighted by atomic mass is 9.82. The summed E-state index contributed by atoms with van der Waals surface area (Å²) in [5.41, 5.74) is 5.33.